The van der Waals surface area contributed by atoms with Crippen molar-refractivity contribution in [3.8, 4) is 0 Å². The second kappa shape index (κ2) is 5.96. The summed E-state index contributed by atoms with van der Waals surface area (Å²) < 4.78 is 67.4. The molecule has 24 heavy (non-hydrogen) atoms. The van der Waals surface area contributed by atoms with Gasteiger partial charge in [-0.2, -0.15) is 13.2 Å². The fourth-order valence-electron chi connectivity index (χ4n) is 3.02. The van der Waals surface area contributed by atoms with E-state index in [9.17, 15) is 21.6 Å². The number of benzene rings is 1. The van der Waals surface area contributed by atoms with Gasteiger partial charge in [0.2, 0.25) is 15.7 Å². The van der Waals surface area contributed by atoms with Crippen molar-refractivity contribution in [1.29, 1.82) is 0 Å². The minimum absolute atomic E-state index is 0.133. The van der Waals surface area contributed by atoms with Crippen LogP contribution in [0.2, 0.25) is 5.02 Å². The van der Waals surface area contributed by atoms with Gasteiger partial charge >= 0.3 is 6.18 Å². The molecule has 0 aliphatic carbocycles. The molecule has 1 aromatic carbocycles. The van der Waals surface area contributed by atoms with Crippen molar-refractivity contribution in [3.63, 3.8) is 0 Å². The van der Waals surface area contributed by atoms with E-state index in [1.165, 1.54) is 18.2 Å². The molecule has 0 aromatic heterocycles. The Hall–Kier alpha value is -1.19. The van der Waals surface area contributed by atoms with Crippen molar-refractivity contribution in [2.75, 3.05) is 29.5 Å². The minimum atomic E-state index is -4.82. The summed E-state index contributed by atoms with van der Waals surface area (Å²) in [6, 6.07) is 4.18. The first-order valence-corrected chi connectivity index (χ1v) is 9.52. The fraction of sp³-hybridized carbons (Fsp3) is 0.571. The molecule has 0 bridgehead atoms. The molecule has 1 unspecified atom stereocenters. The average molecular weight is 384 g/mol. The lowest BCUT2D eigenvalue weighted by atomic mass is 10.2. The molecular weight excluding hydrogens is 367 g/mol. The number of piperidine rings is 1. The van der Waals surface area contributed by atoms with Gasteiger partial charge in [-0.25, -0.2) is 12.7 Å². The number of nitrogens with one attached hydrogen (secondary N) is 2. The monoisotopic (exact) mass is 383 g/mol. The van der Waals surface area contributed by atoms with Crippen molar-refractivity contribution in [1.82, 2.24) is 4.31 Å². The van der Waals surface area contributed by atoms with Crippen molar-refractivity contribution in [3.05, 3.63) is 23.2 Å². The predicted molar refractivity (Wildman–Crippen MR) is 86.7 cm³/mol. The van der Waals surface area contributed by atoms with E-state index < -0.39 is 27.6 Å². The van der Waals surface area contributed by atoms with Crippen LogP contribution in [-0.4, -0.2) is 43.4 Å². The Morgan fingerprint density at radius 3 is 2.38 bits per heavy atom. The molecule has 1 saturated heterocycles. The number of rotatable bonds is 3. The Kier molecular flexibility index (Phi) is 4.38. The van der Waals surface area contributed by atoms with Crippen LogP contribution in [-0.2, 0) is 10.0 Å². The lowest BCUT2D eigenvalue weighted by Crippen LogP contribution is -2.61. The number of alkyl halides is 3. The molecule has 1 aromatic rings. The molecule has 1 fully saturated rings. The van der Waals surface area contributed by atoms with E-state index in [1.54, 1.807) is 0 Å². The van der Waals surface area contributed by atoms with E-state index >= 15 is 0 Å². The van der Waals surface area contributed by atoms with E-state index in [0.717, 1.165) is 10.7 Å². The number of hydrogen-bond donors (Lipinski definition) is 2. The molecule has 0 radical (unpaired) electrons. The van der Waals surface area contributed by atoms with Gasteiger partial charge in [0.15, 0.2) is 0 Å². The first-order chi connectivity index (χ1) is 11.1. The maximum Gasteiger partial charge on any atom is 0.431 e. The third kappa shape index (κ3) is 3.16. The van der Waals surface area contributed by atoms with Crippen molar-refractivity contribution < 1.29 is 21.6 Å². The summed E-state index contributed by atoms with van der Waals surface area (Å²) in [5.41, 5.74) is -2.46. The highest BCUT2D eigenvalue weighted by atomic mass is 35.5. The molecule has 134 valence electrons. The maximum absolute atomic E-state index is 13.7. The molecule has 0 saturated carbocycles. The molecule has 2 heterocycles. The third-order valence-corrected chi connectivity index (χ3v) is 6.45. The predicted octanol–water partition coefficient (Wildman–Crippen LogP) is 3.25. The van der Waals surface area contributed by atoms with Crippen molar-refractivity contribution in [2.24, 2.45) is 0 Å². The molecule has 2 aliphatic rings. The van der Waals surface area contributed by atoms with Crippen LogP contribution in [0.25, 0.3) is 0 Å². The Morgan fingerprint density at radius 2 is 1.75 bits per heavy atom. The standard InChI is InChI=1S/C14H17ClF3N3O2S/c15-10-4-5-11-12(8-10)20-13(19-11,14(16,17)18)9-24(22,23)21-6-2-1-3-7-21/h4-5,8,19-20H,1-3,6-7,9H2. The molecule has 0 spiro atoms. The number of halogens is 4. The maximum atomic E-state index is 13.7. The molecule has 5 nitrogen and oxygen atoms in total. The van der Waals surface area contributed by atoms with Gasteiger partial charge in [-0.1, -0.05) is 18.0 Å². The number of nitrogens with zero attached hydrogens (tertiary/aromatic N) is 1. The lowest BCUT2D eigenvalue weighted by Gasteiger charge is -2.35. The molecule has 2 N–H and O–H groups in total. The van der Waals surface area contributed by atoms with Crippen LogP contribution < -0.4 is 10.6 Å². The van der Waals surface area contributed by atoms with Crippen LogP contribution in [0.3, 0.4) is 0 Å². The van der Waals surface area contributed by atoms with E-state index in [-0.39, 0.29) is 29.5 Å². The molecule has 0 amide bonds. The molecule has 1 atom stereocenters. The summed E-state index contributed by atoms with van der Waals surface area (Å²) in [4.78, 5) is 0. The van der Waals surface area contributed by atoms with Crippen molar-refractivity contribution >= 4 is 33.0 Å². The quantitative estimate of drug-likeness (QED) is 0.841. The number of sulfonamides is 1. The summed E-state index contributed by atoms with van der Waals surface area (Å²) in [5.74, 6) is -1.12. The largest absolute Gasteiger partial charge is 0.431 e. The van der Waals surface area contributed by atoms with Gasteiger partial charge in [0.25, 0.3) is 0 Å². The van der Waals surface area contributed by atoms with Gasteiger partial charge in [0, 0.05) is 18.1 Å². The van der Waals surface area contributed by atoms with E-state index in [2.05, 4.69) is 10.6 Å². The topological polar surface area (TPSA) is 61.4 Å². The lowest BCUT2D eigenvalue weighted by molar-refractivity contribution is -0.163. The van der Waals surface area contributed by atoms with Crippen LogP contribution in [0.4, 0.5) is 24.5 Å². The second-order valence-corrected chi connectivity index (χ2v) is 8.46. The summed E-state index contributed by atoms with van der Waals surface area (Å²) in [6.07, 6.45) is -2.61. The summed E-state index contributed by atoms with van der Waals surface area (Å²) in [6.45, 7) is 0.518. The Labute approximate surface area is 143 Å². The van der Waals surface area contributed by atoms with Gasteiger partial charge in [-0.05, 0) is 31.0 Å². The molecule has 2 aliphatic heterocycles. The van der Waals surface area contributed by atoms with Crippen molar-refractivity contribution in [2.45, 2.75) is 31.1 Å². The van der Waals surface area contributed by atoms with Gasteiger partial charge < -0.3 is 10.6 Å². The zero-order chi connectivity index (χ0) is 17.6. The Morgan fingerprint density at radius 1 is 1.12 bits per heavy atom. The highest BCUT2D eigenvalue weighted by Gasteiger charge is 2.61. The van der Waals surface area contributed by atoms with Crippen LogP contribution in [0.15, 0.2) is 18.2 Å². The first-order valence-electron chi connectivity index (χ1n) is 7.53. The SMILES string of the molecule is O=S(=O)(CC1(C(F)(F)F)Nc2ccc(Cl)cc2N1)N1CCCCC1. The highest BCUT2D eigenvalue weighted by molar-refractivity contribution is 7.89. The van der Waals surface area contributed by atoms with Crippen LogP contribution in [0.1, 0.15) is 19.3 Å². The van der Waals surface area contributed by atoms with Gasteiger partial charge in [0.1, 0.15) is 5.75 Å². The molecular formula is C14H17ClF3N3O2S. The highest BCUT2D eigenvalue weighted by Crippen LogP contribution is 2.44. The molecule has 10 heteroatoms. The van der Waals surface area contributed by atoms with E-state index in [4.69, 9.17) is 11.6 Å². The van der Waals surface area contributed by atoms with Crippen LogP contribution in [0.5, 0.6) is 0 Å². The first kappa shape index (κ1) is 17.6. The van der Waals surface area contributed by atoms with Gasteiger partial charge in [0.05, 0.1) is 11.4 Å². The normalized spacial score (nSPS) is 25.0. The van der Waals surface area contributed by atoms with Gasteiger partial charge in [-0.3, -0.25) is 0 Å². The van der Waals surface area contributed by atoms with Crippen LogP contribution in [0, 0.1) is 0 Å². The summed E-state index contributed by atoms with van der Waals surface area (Å²) in [5, 5.41) is 4.87. The number of hydrogen-bond acceptors (Lipinski definition) is 4. The Balaban J connectivity index is 1.92. The summed E-state index contributed by atoms with van der Waals surface area (Å²) >= 11 is 5.81. The smallest absolute Gasteiger partial charge is 0.353 e. The average Bonchev–Trinajstić information content (AvgIpc) is 2.85. The zero-order valence-electron chi connectivity index (χ0n) is 12.7. The third-order valence-electron chi connectivity index (χ3n) is 4.27. The molecule has 3 rings (SSSR count). The minimum Gasteiger partial charge on any atom is -0.353 e. The van der Waals surface area contributed by atoms with E-state index in [1.807, 2.05) is 0 Å². The van der Waals surface area contributed by atoms with Crippen LogP contribution >= 0.6 is 11.6 Å². The number of fused-ring (bicyclic) bond motifs is 1. The van der Waals surface area contributed by atoms with E-state index in [0.29, 0.717) is 12.8 Å². The fourth-order valence-corrected chi connectivity index (χ4v) is 5.05. The van der Waals surface area contributed by atoms with Gasteiger partial charge in [-0.15, -0.1) is 0 Å². The Bertz CT molecular complexity index is 735. The zero-order valence-corrected chi connectivity index (χ0v) is 14.2. The number of anilines is 2. The second-order valence-electron chi connectivity index (χ2n) is 6.06. The summed E-state index contributed by atoms with van der Waals surface area (Å²) in [7, 11) is -4.08.